The van der Waals surface area contributed by atoms with Crippen LogP contribution in [-0.4, -0.2) is 107 Å². The van der Waals surface area contributed by atoms with Crippen molar-refractivity contribution in [2.24, 2.45) is 17.6 Å². The predicted octanol–water partition coefficient (Wildman–Crippen LogP) is 0.922. The van der Waals surface area contributed by atoms with Crippen LogP contribution < -0.4 is 11.1 Å². The molecule has 12 nitrogen and oxygen atoms in total. The summed E-state index contributed by atoms with van der Waals surface area (Å²) in [6, 6.07) is 8.76. The molecule has 7 N–H and O–H groups in total. The fraction of sp³-hybridized carbons (Fsp3) is 0.375. The van der Waals surface area contributed by atoms with Crippen LogP contribution in [0.1, 0.15) is 27.9 Å². The average molecular weight is 605 g/mol. The van der Waals surface area contributed by atoms with Crippen LogP contribution in [0.5, 0.6) is 5.75 Å². The SMILES string of the molecule is CN(C)CCNC(=O)c1cccc(-c2ccc(O)c3c2C[C@H]2C[C@H]4[C@@H](N(C)C)C(=O)C(C(N)=O)=C(O)[C@@]4(O)C(=O)C2=C3O)c1. The molecule has 0 heterocycles. The number of benzene rings is 2. The van der Waals surface area contributed by atoms with E-state index in [1.54, 1.807) is 44.4 Å². The minimum atomic E-state index is -2.70. The molecule has 12 heteroatoms. The molecule has 2 amide bonds. The van der Waals surface area contributed by atoms with Gasteiger partial charge in [-0.3, -0.25) is 24.1 Å². The summed E-state index contributed by atoms with van der Waals surface area (Å²) in [6.45, 7) is 1.12. The van der Waals surface area contributed by atoms with Gasteiger partial charge in [0.1, 0.15) is 22.8 Å². The normalized spacial score (nSPS) is 24.8. The van der Waals surface area contributed by atoms with E-state index in [0.717, 1.165) is 0 Å². The Morgan fingerprint density at radius 1 is 1.07 bits per heavy atom. The van der Waals surface area contributed by atoms with Crippen LogP contribution in [-0.2, 0) is 20.8 Å². The first-order valence-electron chi connectivity index (χ1n) is 14.2. The number of nitrogens with one attached hydrogen (secondary N) is 1. The minimum absolute atomic E-state index is 0.0142. The van der Waals surface area contributed by atoms with E-state index in [0.29, 0.717) is 35.3 Å². The molecule has 3 aliphatic carbocycles. The number of primary amides is 1. The number of nitrogens with two attached hydrogens (primary N) is 1. The van der Waals surface area contributed by atoms with E-state index in [9.17, 15) is 39.6 Å². The smallest absolute Gasteiger partial charge is 0.255 e. The van der Waals surface area contributed by atoms with Gasteiger partial charge in [0.15, 0.2) is 11.4 Å². The number of carbonyl (C=O) groups excluding carboxylic acids is 4. The minimum Gasteiger partial charge on any atom is -0.508 e. The average Bonchev–Trinajstić information content (AvgIpc) is 2.94. The van der Waals surface area contributed by atoms with E-state index in [1.165, 1.54) is 11.0 Å². The molecule has 1 saturated carbocycles. The number of nitrogens with zero attached hydrogens (tertiary/aromatic N) is 2. The molecule has 0 saturated heterocycles. The van der Waals surface area contributed by atoms with Crippen LogP contribution >= 0.6 is 0 Å². The van der Waals surface area contributed by atoms with Gasteiger partial charge in [-0.15, -0.1) is 0 Å². The molecule has 0 aliphatic heterocycles. The summed E-state index contributed by atoms with van der Waals surface area (Å²) in [5.74, 6) is -7.33. The van der Waals surface area contributed by atoms with E-state index < -0.39 is 58.0 Å². The van der Waals surface area contributed by atoms with E-state index >= 15 is 0 Å². The molecule has 1 fully saturated rings. The monoisotopic (exact) mass is 604 g/mol. The summed E-state index contributed by atoms with van der Waals surface area (Å²) in [6.07, 6.45) is 0.118. The number of hydrogen-bond donors (Lipinski definition) is 6. The molecule has 0 unspecified atom stereocenters. The van der Waals surface area contributed by atoms with Crippen molar-refractivity contribution in [2.75, 3.05) is 41.3 Å². The second kappa shape index (κ2) is 11.2. The van der Waals surface area contributed by atoms with Crippen molar-refractivity contribution in [2.45, 2.75) is 24.5 Å². The lowest BCUT2D eigenvalue weighted by molar-refractivity contribution is -0.153. The zero-order valence-electron chi connectivity index (χ0n) is 24.9. The third-order valence-electron chi connectivity index (χ3n) is 8.88. The predicted molar refractivity (Wildman–Crippen MR) is 161 cm³/mol. The maximum atomic E-state index is 14.0. The van der Waals surface area contributed by atoms with Gasteiger partial charge in [0.25, 0.3) is 11.8 Å². The lowest BCUT2D eigenvalue weighted by atomic mass is 9.57. The van der Waals surface area contributed by atoms with Gasteiger partial charge in [-0.25, -0.2) is 0 Å². The Kier molecular flexibility index (Phi) is 7.87. The van der Waals surface area contributed by atoms with Crippen LogP contribution in [0.25, 0.3) is 16.9 Å². The van der Waals surface area contributed by atoms with Crippen LogP contribution in [0.4, 0.5) is 0 Å². The largest absolute Gasteiger partial charge is 0.508 e. The number of aliphatic hydroxyl groups excluding tert-OH is 2. The van der Waals surface area contributed by atoms with Gasteiger partial charge in [0.2, 0.25) is 5.78 Å². The zero-order valence-corrected chi connectivity index (χ0v) is 24.9. The molecule has 0 radical (unpaired) electrons. The third kappa shape index (κ3) is 4.75. The second-order valence-corrected chi connectivity index (χ2v) is 12.1. The summed E-state index contributed by atoms with van der Waals surface area (Å²) in [7, 11) is 6.91. The van der Waals surface area contributed by atoms with Gasteiger partial charge in [-0.1, -0.05) is 18.2 Å². The molecule has 232 valence electrons. The molecule has 2 aromatic carbocycles. The highest BCUT2D eigenvalue weighted by molar-refractivity contribution is 6.24. The maximum absolute atomic E-state index is 14.0. The number of phenolic OH excluding ortho intramolecular Hbond substituents is 1. The van der Waals surface area contributed by atoms with Crippen molar-refractivity contribution < 1.29 is 39.6 Å². The highest BCUT2D eigenvalue weighted by atomic mass is 16.3. The molecule has 2 aromatic rings. The van der Waals surface area contributed by atoms with Gasteiger partial charge >= 0.3 is 0 Å². The fourth-order valence-corrected chi connectivity index (χ4v) is 6.84. The topological polar surface area (TPSA) is 194 Å². The molecular weight excluding hydrogens is 568 g/mol. The van der Waals surface area contributed by atoms with Gasteiger partial charge in [-0.2, -0.15) is 0 Å². The van der Waals surface area contributed by atoms with Crippen molar-refractivity contribution in [3.8, 4) is 16.9 Å². The van der Waals surface area contributed by atoms with Crippen molar-refractivity contribution in [1.82, 2.24) is 15.1 Å². The second-order valence-electron chi connectivity index (χ2n) is 12.1. The Hall–Kier alpha value is -4.52. The number of likely N-dealkylation sites (N-methyl/N-ethyl adjacent to an activating group) is 2. The number of ketones is 2. The van der Waals surface area contributed by atoms with Crippen LogP contribution in [0.3, 0.4) is 0 Å². The number of carbonyl (C=O) groups is 4. The van der Waals surface area contributed by atoms with E-state index in [2.05, 4.69) is 5.32 Å². The first-order chi connectivity index (χ1) is 20.7. The number of aliphatic hydroxyl groups is 3. The van der Waals surface area contributed by atoms with Gasteiger partial charge in [0.05, 0.1) is 11.6 Å². The lowest BCUT2D eigenvalue weighted by Gasteiger charge is -2.50. The van der Waals surface area contributed by atoms with Gasteiger partial charge in [0, 0.05) is 30.1 Å². The fourth-order valence-electron chi connectivity index (χ4n) is 6.84. The van der Waals surface area contributed by atoms with Crippen LogP contribution in [0.15, 0.2) is 53.3 Å². The molecule has 5 rings (SSSR count). The van der Waals surface area contributed by atoms with E-state index in [-0.39, 0.29) is 35.6 Å². The highest BCUT2D eigenvalue weighted by Crippen LogP contribution is 2.53. The van der Waals surface area contributed by atoms with E-state index in [4.69, 9.17) is 5.73 Å². The summed E-state index contributed by atoms with van der Waals surface area (Å²) in [5, 5.41) is 48.0. The van der Waals surface area contributed by atoms with Crippen molar-refractivity contribution in [3.63, 3.8) is 0 Å². The number of aromatic hydroxyl groups is 1. The Bertz CT molecular complexity index is 1660. The maximum Gasteiger partial charge on any atom is 0.255 e. The summed E-state index contributed by atoms with van der Waals surface area (Å²) < 4.78 is 0. The summed E-state index contributed by atoms with van der Waals surface area (Å²) >= 11 is 0. The number of amides is 2. The lowest BCUT2D eigenvalue weighted by Crippen LogP contribution is -2.65. The Morgan fingerprint density at radius 3 is 2.41 bits per heavy atom. The first kappa shape index (κ1) is 30.9. The molecule has 3 aliphatic rings. The molecule has 4 atom stereocenters. The molecule has 44 heavy (non-hydrogen) atoms. The molecule has 0 spiro atoms. The highest BCUT2D eigenvalue weighted by Gasteiger charge is 2.64. The summed E-state index contributed by atoms with van der Waals surface area (Å²) in [5.41, 5.74) is 3.76. The van der Waals surface area contributed by atoms with Gasteiger partial charge < -0.3 is 36.4 Å². The zero-order chi connectivity index (χ0) is 32.2. The Labute approximate surface area is 254 Å². The molecule has 0 bridgehead atoms. The molecule has 0 aromatic heterocycles. The van der Waals surface area contributed by atoms with Crippen LogP contribution in [0.2, 0.25) is 0 Å². The van der Waals surface area contributed by atoms with Crippen molar-refractivity contribution in [1.29, 1.82) is 0 Å². The third-order valence-corrected chi connectivity index (χ3v) is 8.88. The van der Waals surface area contributed by atoms with Crippen LogP contribution in [0, 0.1) is 11.8 Å². The quantitative estimate of drug-likeness (QED) is 0.248. The Morgan fingerprint density at radius 2 is 1.77 bits per heavy atom. The number of Topliss-reactive ketones (excluding diaryl/α,β-unsaturated/α-hetero) is 2. The molecular formula is C32H36N4O8. The van der Waals surface area contributed by atoms with E-state index in [1.807, 2.05) is 19.0 Å². The number of hydrogen-bond acceptors (Lipinski definition) is 10. The van der Waals surface area contributed by atoms with Crippen molar-refractivity contribution >= 4 is 29.1 Å². The standard InChI is InChI=1S/C32H36N4O8/c1-35(2)11-10-34-31(43)16-7-5-6-15(12-16)18-8-9-21(37)23-19(18)13-17-14-20-25(36(3)4)27(39)24(30(33)42)29(41)32(20,44)28(40)22(17)26(23)38/h5-9,12,17,20,25,37-38,41,44H,10-11,13-14H2,1-4H3,(H2,33,42)(H,34,43)/t17-,20-,25+,32-/m0/s1. The first-order valence-corrected chi connectivity index (χ1v) is 14.2. The van der Waals surface area contributed by atoms with Crippen molar-refractivity contribution in [3.05, 3.63) is 70.0 Å². The number of phenols is 1. The number of fused-ring (bicyclic) bond motifs is 3. The summed E-state index contributed by atoms with van der Waals surface area (Å²) in [4.78, 5) is 55.7. The Balaban J connectivity index is 1.62. The van der Waals surface area contributed by atoms with Gasteiger partial charge in [-0.05, 0) is 81.8 Å². The number of rotatable bonds is 7.